The number of nitrogens with zero attached hydrogens (tertiary/aromatic N) is 4. The number of amides is 2. The maximum Gasteiger partial charge on any atom is 0.425 e. The number of alkyl halides is 6. The fourth-order valence-electron chi connectivity index (χ4n) is 6.95. The van der Waals surface area contributed by atoms with E-state index in [9.17, 15) is 46.3 Å². The van der Waals surface area contributed by atoms with Crippen LogP contribution in [0.2, 0.25) is 0 Å². The minimum absolute atomic E-state index is 0.0638. The van der Waals surface area contributed by atoms with Crippen molar-refractivity contribution in [3.8, 4) is 11.8 Å². The molecule has 0 aliphatic carbocycles. The van der Waals surface area contributed by atoms with Crippen LogP contribution in [0.5, 0.6) is 5.75 Å². The molecular weight excluding hydrogens is 722 g/mol. The summed E-state index contributed by atoms with van der Waals surface area (Å²) in [4.78, 5) is 33.6. The molecule has 0 saturated carbocycles. The zero-order valence-corrected chi connectivity index (χ0v) is 30.8. The molecule has 53 heavy (non-hydrogen) atoms. The minimum Gasteiger partial charge on any atom is -0.507 e. The van der Waals surface area contributed by atoms with Crippen LogP contribution in [0, 0.1) is 17.2 Å². The highest BCUT2D eigenvalue weighted by Gasteiger charge is 2.45. The fourth-order valence-corrected chi connectivity index (χ4v) is 7.59. The number of rotatable bonds is 8. The van der Waals surface area contributed by atoms with Gasteiger partial charge in [-0.1, -0.05) is 51.5 Å². The van der Waals surface area contributed by atoms with E-state index in [2.05, 4.69) is 11.1 Å². The zero-order valence-electron chi connectivity index (χ0n) is 30.0. The van der Waals surface area contributed by atoms with Crippen molar-refractivity contribution in [2.45, 2.75) is 95.9 Å². The molecule has 0 radical (unpaired) electrons. The van der Waals surface area contributed by atoms with E-state index in [1.165, 1.54) is 4.90 Å². The lowest BCUT2D eigenvalue weighted by molar-refractivity contribution is -0.141. The summed E-state index contributed by atoms with van der Waals surface area (Å²) in [6, 6.07) is 11.3. The van der Waals surface area contributed by atoms with Gasteiger partial charge in [-0.3, -0.25) is 14.6 Å². The van der Waals surface area contributed by atoms with Gasteiger partial charge in [0.05, 0.1) is 28.5 Å². The van der Waals surface area contributed by atoms with Crippen LogP contribution >= 0.6 is 11.3 Å². The molecule has 2 N–H and O–H groups in total. The Bertz CT molecular complexity index is 1680. The number of halogens is 6. The summed E-state index contributed by atoms with van der Waals surface area (Å²) in [6.45, 7) is 7.03. The van der Waals surface area contributed by atoms with Crippen LogP contribution in [0.1, 0.15) is 97.6 Å². The van der Waals surface area contributed by atoms with Crippen LogP contribution < -0.4 is 0 Å². The molecule has 2 atom stereocenters. The van der Waals surface area contributed by atoms with E-state index in [1.54, 1.807) is 4.90 Å². The summed E-state index contributed by atoms with van der Waals surface area (Å²) >= 11 is 0.481. The Hall–Kier alpha value is -4.16. The van der Waals surface area contributed by atoms with Crippen molar-refractivity contribution in [3.63, 3.8) is 0 Å². The van der Waals surface area contributed by atoms with Gasteiger partial charge in [-0.2, -0.15) is 31.6 Å². The molecule has 1 aromatic carbocycles. The third-order valence-corrected chi connectivity index (χ3v) is 10.4. The van der Waals surface area contributed by atoms with Gasteiger partial charge in [0, 0.05) is 56.1 Å². The van der Waals surface area contributed by atoms with Crippen LogP contribution in [0.25, 0.3) is 0 Å². The van der Waals surface area contributed by atoms with E-state index >= 15 is 0 Å². The monoisotopic (exact) mass is 768 g/mol. The van der Waals surface area contributed by atoms with Gasteiger partial charge < -0.3 is 20.0 Å². The highest BCUT2D eigenvalue weighted by molar-refractivity contribution is 7.10. The van der Waals surface area contributed by atoms with Crippen LogP contribution in [-0.4, -0.2) is 69.1 Å². The number of aromatic hydroxyl groups is 1. The minimum atomic E-state index is -4.70. The number of nitriles is 1. The average molecular weight is 769 g/mol. The van der Waals surface area contributed by atoms with Crippen molar-refractivity contribution < 1.29 is 46.1 Å². The number of likely N-dealkylation sites (tertiary alicyclic amines) is 2. The van der Waals surface area contributed by atoms with Crippen LogP contribution in [0.3, 0.4) is 0 Å². The number of carbonyl (C=O) groups is 2. The molecule has 0 spiro atoms. The topological polar surface area (TPSA) is 118 Å². The number of aliphatic hydroxyl groups excluding tert-OH is 1. The van der Waals surface area contributed by atoms with Gasteiger partial charge in [0.15, 0.2) is 0 Å². The first-order chi connectivity index (χ1) is 25.2. The normalized spacial score (nSPS) is 18.5. The lowest BCUT2D eigenvalue weighted by atomic mass is 9.71. The van der Waals surface area contributed by atoms with Crippen LogP contribution in [-0.2, 0) is 29.0 Å². The second-order valence-corrected chi connectivity index (χ2v) is 13.6. The Morgan fingerprint density at radius 2 is 1.74 bits per heavy atom. The number of thiophene rings is 1. The molecule has 2 fully saturated rings. The Morgan fingerprint density at radius 1 is 1.06 bits per heavy atom. The van der Waals surface area contributed by atoms with Crippen molar-refractivity contribution in [3.05, 3.63) is 81.3 Å². The number of aromatic nitrogens is 1. The molecule has 4 heterocycles. The average Bonchev–Trinajstić information content (AvgIpc) is 3.61. The van der Waals surface area contributed by atoms with Crippen molar-refractivity contribution in [1.82, 2.24) is 14.8 Å². The van der Waals surface area contributed by atoms with Gasteiger partial charge in [0.25, 0.3) is 5.91 Å². The lowest BCUT2D eigenvalue weighted by Gasteiger charge is -2.45. The van der Waals surface area contributed by atoms with Crippen molar-refractivity contribution in [1.29, 1.82) is 5.26 Å². The zero-order chi connectivity index (χ0) is 39.4. The maximum atomic E-state index is 13.9. The molecule has 2 aromatic heterocycles. The number of hydrogen-bond acceptors (Lipinski definition) is 7. The van der Waals surface area contributed by atoms with Gasteiger partial charge in [-0.25, -0.2) is 0 Å². The first kappa shape index (κ1) is 43.2. The molecule has 2 amide bonds. The predicted molar refractivity (Wildman–Crippen MR) is 189 cm³/mol. The summed E-state index contributed by atoms with van der Waals surface area (Å²) in [7, 11) is 0. The molecular formula is C38H46F6N4O4S. The lowest BCUT2D eigenvalue weighted by Crippen LogP contribution is -2.55. The quantitative estimate of drug-likeness (QED) is 0.222. The van der Waals surface area contributed by atoms with Crippen molar-refractivity contribution in [2.75, 3.05) is 26.2 Å². The summed E-state index contributed by atoms with van der Waals surface area (Å²) in [5.74, 6) is -1.71. The summed E-state index contributed by atoms with van der Waals surface area (Å²) in [5, 5.41) is 29.2. The molecule has 2 unspecified atom stereocenters. The van der Waals surface area contributed by atoms with Crippen LogP contribution in [0.4, 0.5) is 26.3 Å². The number of carbonyl (C=O) groups excluding carboxylic acids is 2. The van der Waals surface area contributed by atoms with E-state index in [-0.39, 0.29) is 24.8 Å². The van der Waals surface area contributed by atoms with Gasteiger partial charge in [-0.05, 0) is 62.1 Å². The van der Waals surface area contributed by atoms with Gasteiger partial charge in [-0.15, -0.1) is 11.3 Å². The summed E-state index contributed by atoms with van der Waals surface area (Å²) in [6.07, 6.45) is -2.63. The standard InChI is InChI=1S/C31H37F3N4O3.C5H3F3OS.C2H6/c1-2-7-27-23(10-5-16-38(27)29(41)24-20-36-15-12-26(24)31(32,33)34)28(40)37-17-13-30(21-35,14-18-37)25-11-4-3-8-22(25)9-6-19-39;6-5(7,8)4-1-3(9)2-10-4;1-2/h3-4,8,11-12,15,20,23,27,39H,2,5-7,9-10,13-14,16-19H2,1H3;1-2,9H;1-2H3. The Labute approximate surface area is 310 Å². The highest BCUT2D eigenvalue weighted by Crippen LogP contribution is 2.40. The fraction of sp³-hybridized carbons (Fsp3) is 0.526. The number of piperidine rings is 2. The molecule has 2 saturated heterocycles. The number of benzene rings is 1. The summed E-state index contributed by atoms with van der Waals surface area (Å²) in [5.41, 5.74) is -0.288. The first-order valence-corrected chi connectivity index (χ1v) is 18.6. The third-order valence-electron chi connectivity index (χ3n) is 9.44. The van der Waals surface area contributed by atoms with Crippen molar-refractivity contribution in [2.24, 2.45) is 5.92 Å². The maximum absolute atomic E-state index is 13.9. The Morgan fingerprint density at radius 3 is 2.28 bits per heavy atom. The molecule has 8 nitrogen and oxygen atoms in total. The second-order valence-electron chi connectivity index (χ2n) is 12.7. The molecule has 290 valence electrons. The second kappa shape index (κ2) is 19.3. The SMILES string of the molecule is CC.CCCC1C(C(=O)N2CCC(C#N)(c3ccccc3CCCO)CC2)CCCN1C(=O)c1cnccc1C(F)(F)F.Oc1csc(C(F)(F)F)c1. The number of aryl methyl sites for hydroxylation is 1. The predicted octanol–water partition coefficient (Wildman–Crippen LogP) is 8.63. The van der Waals surface area contributed by atoms with Gasteiger partial charge in [0.1, 0.15) is 10.6 Å². The van der Waals surface area contributed by atoms with E-state index < -0.39 is 51.6 Å². The third kappa shape index (κ3) is 10.7. The molecule has 0 bridgehead atoms. The molecule has 2 aliphatic rings. The number of aliphatic hydroxyl groups is 1. The van der Waals surface area contributed by atoms with E-state index in [0.29, 0.717) is 81.9 Å². The van der Waals surface area contributed by atoms with E-state index in [1.807, 2.05) is 45.0 Å². The molecule has 2 aliphatic heterocycles. The Balaban J connectivity index is 0.000000539. The molecule has 5 rings (SSSR count). The van der Waals surface area contributed by atoms with Gasteiger partial charge in [0.2, 0.25) is 5.91 Å². The Kier molecular flexibility index (Phi) is 15.7. The van der Waals surface area contributed by atoms with Crippen molar-refractivity contribution >= 4 is 23.2 Å². The highest BCUT2D eigenvalue weighted by atomic mass is 32.1. The van der Waals surface area contributed by atoms with E-state index in [0.717, 1.165) is 35.0 Å². The summed E-state index contributed by atoms with van der Waals surface area (Å²) < 4.78 is 76.1. The number of hydrogen-bond donors (Lipinski definition) is 2. The molecule has 15 heteroatoms. The van der Waals surface area contributed by atoms with Crippen LogP contribution in [0.15, 0.2) is 54.2 Å². The largest absolute Gasteiger partial charge is 0.507 e. The van der Waals surface area contributed by atoms with Gasteiger partial charge >= 0.3 is 12.4 Å². The first-order valence-electron chi connectivity index (χ1n) is 17.7. The molecule has 3 aromatic rings. The van der Waals surface area contributed by atoms with E-state index in [4.69, 9.17) is 5.11 Å². The number of pyridine rings is 1. The smallest absolute Gasteiger partial charge is 0.425 e.